The number of hydrogen-bond acceptors (Lipinski definition) is 3. The van der Waals surface area contributed by atoms with Gasteiger partial charge in [-0.2, -0.15) is 0 Å². The first-order chi connectivity index (χ1) is 13.9. The molecule has 6 heteroatoms. The molecule has 0 heterocycles. The average Bonchev–Trinajstić information content (AvgIpc) is 2.73. The van der Waals surface area contributed by atoms with Gasteiger partial charge in [0.2, 0.25) is 11.8 Å². The Morgan fingerprint density at radius 1 is 1.00 bits per heavy atom. The van der Waals surface area contributed by atoms with E-state index in [4.69, 9.17) is 11.1 Å². The molecule has 2 rings (SSSR count). The molecule has 2 amide bonds. The van der Waals surface area contributed by atoms with Crippen LogP contribution in [0.2, 0.25) is 0 Å². The molecular formula is C23H30N4O2. The van der Waals surface area contributed by atoms with Crippen molar-refractivity contribution in [3.8, 4) is 0 Å². The zero-order valence-electron chi connectivity index (χ0n) is 17.1. The molecule has 2 atom stereocenters. The molecule has 0 spiro atoms. The zero-order valence-corrected chi connectivity index (χ0v) is 17.1. The van der Waals surface area contributed by atoms with E-state index in [1.165, 1.54) is 5.56 Å². The zero-order chi connectivity index (χ0) is 21.2. The van der Waals surface area contributed by atoms with E-state index in [-0.39, 0.29) is 23.6 Å². The van der Waals surface area contributed by atoms with E-state index >= 15 is 0 Å². The van der Waals surface area contributed by atoms with Gasteiger partial charge in [-0.3, -0.25) is 15.0 Å². The maximum Gasteiger partial charge on any atom is 0.242 e. The minimum Gasteiger partial charge on any atom is -0.384 e. The van der Waals surface area contributed by atoms with E-state index in [0.29, 0.717) is 12.1 Å². The van der Waals surface area contributed by atoms with Crippen LogP contribution >= 0.6 is 0 Å². The number of nitrogen functional groups attached to an aromatic ring is 1. The van der Waals surface area contributed by atoms with E-state index in [9.17, 15) is 9.59 Å². The molecule has 0 fully saturated rings. The molecule has 0 saturated heterocycles. The van der Waals surface area contributed by atoms with Crippen LogP contribution in [0.5, 0.6) is 0 Å². The number of benzene rings is 2. The minimum absolute atomic E-state index is 0.00895. The summed E-state index contributed by atoms with van der Waals surface area (Å²) >= 11 is 0. The SMILES string of the molecule is CC[C@H](CCc1ccccc1)C(=O)N[C@@H](C)C(=O)NCc1ccc(C(=N)N)cc1. The maximum absolute atomic E-state index is 12.6. The van der Waals surface area contributed by atoms with E-state index in [1.54, 1.807) is 19.1 Å². The van der Waals surface area contributed by atoms with Crippen LogP contribution < -0.4 is 16.4 Å². The number of nitrogens with one attached hydrogen (secondary N) is 3. The molecule has 0 bridgehead atoms. The van der Waals surface area contributed by atoms with Gasteiger partial charge in [0.15, 0.2) is 0 Å². The summed E-state index contributed by atoms with van der Waals surface area (Å²) in [6.45, 7) is 4.03. The van der Waals surface area contributed by atoms with Crippen LogP contribution in [0.3, 0.4) is 0 Å². The molecule has 0 aromatic heterocycles. The Morgan fingerprint density at radius 2 is 1.66 bits per heavy atom. The van der Waals surface area contributed by atoms with Gasteiger partial charge in [0.1, 0.15) is 11.9 Å². The van der Waals surface area contributed by atoms with E-state index in [2.05, 4.69) is 22.8 Å². The molecule has 0 saturated carbocycles. The summed E-state index contributed by atoms with van der Waals surface area (Å²) in [4.78, 5) is 24.9. The number of carbonyl (C=O) groups is 2. The minimum atomic E-state index is -0.607. The van der Waals surface area contributed by atoms with Gasteiger partial charge in [-0.15, -0.1) is 0 Å². The maximum atomic E-state index is 12.6. The number of hydrogen-bond donors (Lipinski definition) is 4. The quantitative estimate of drug-likeness (QED) is 0.367. The number of amidine groups is 1. The van der Waals surface area contributed by atoms with Gasteiger partial charge in [-0.25, -0.2) is 0 Å². The van der Waals surface area contributed by atoms with Crippen LogP contribution in [0.4, 0.5) is 0 Å². The summed E-state index contributed by atoms with van der Waals surface area (Å²) in [5, 5.41) is 13.1. The smallest absolute Gasteiger partial charge is 0.242 e. The molecule has 0 aliphatic heterocycles. The van der Waals surface area contributed by atoms with Crippen molar-refractivity contribution >= 4 is 17.6 Å². The number of carbonyl (C=O) groups excluding carboxylic acids is 2. The summed E-state index contributed by atoms with van der Waals surface area (Å²) in [6.07, 6.45) is 2.32. The molecule has 2 aromatic rings. The van der Waals surface area contributed by atoms with E-state index in [1.807, 2.05) is 37.3 Å². The third-order valence-corrected chi connectivity index (χ3v) is 4.97. The van der Waals surface area contributed by atoms with Crippen LogP contribution in [0, 0.1) is 11.3 Å². The molecule has 5 N–H and O–H groups in total. The lowest BCUT2D eigenvalue weighted by atomic mass is 9.96. The second-order valence-electron chi connectivity index (χ2n) is 7.19. The first-order valence-electron chi connectivity index (χ1n) is 9.96. The molecule has 0 radical (unpaired) electrons. The third kappa shape index (κ3) is 7.07. The summed E-state index contributed by atoms with van der Waals surface area (Å²) in [5.41, 5.74) is 8.18. The Balaban J connectivity index is 1.80. The predicted molar refractivity (Wildman–Crippen MR) is 115 cm³/mol. The van der Waals surface area contributed by atoms with Crippen molar-refractivity contribution in [2.24, 2.45) is 11.7 Å². The standard InChI is InChI=1S/C23H30N4O2/c1-3-19(12-9-17-7-5-4-6-8-17)23(29)27-16(2)22(28)26-15-18-10-13-20(14-11-18)21(24)25/h4-8,10-11,13-14,16,19H,3,9,12,15H2,1-2H3,(H3,24,25)(H,26,28)(H,27,29)/t16-,19+/m0/s1. The molecule has 2 aromatic carbocycles. The van der Waals surface area contributed by atoms with E-state index in [0.717, 1.165) is 24.8 Å². The highest BCUT2D eigenvalue weighted by Crippen LogP contribution is 2.14. The number of nitrogens with two attached hydrogens (primary N) is 1. The van der Waals surface area contributed by atoms with Crippen molar-refractivity contribution in [2.45, 2.75) is 45.7 Å². The van der Waals surface area contributed by atoms with Gasteiger partial charge in [0.05, 0.1) is 0 Å². The van der Waals surface area contributed by atoms with Crippen LogP contribution in [-0.4, -0.2) is 23.7 Å². The Hall–Kier alpha value is -3.15. The van der Waals surface area contributed by atoms with Gasteiger partial charge < -0.3 is 16.4 Å². The molecule has 6 nitrogen and oxygen atoms in total. The third-order valence-electron chi connectivity index (χ3n) is 4.97. The van der Waals surface area contributed by atoms with Gasteiger partial charge in [0.25, 0.3) is 0 Å². The van der Waals surface area contributed by atoms with Gasteiger partial charge in [-0.05, 0) is 37.3 Å². The Labute approximate surface area is 172 Å². The van der Waals surface area contributed by atoms with Gasteiger partial charge >= 0.3 is 0 Å². The Kier molecular flexibility index (Phi) is 8.40. The molecule has 0 aliphatic carbocycles. The normalized spacial score (nSPS) is 12.6. The monoisotopic (exact) mass is 394 g/mol. The van der Waals surface area contributed by atoms with Crippen molar-refractivity contribution in [1.82, 2.24) is 10.6 Å². The summed E-state index contributed by atoms with van der Waals surface area (Å²) < 4.78 is 0. The highest BCUT2D eigenvalue weighted by atomic mass is 16.2. The number of amides is 2. The summed E-state index contributed by atoms with van der Waals surface area (Å²) in [5.74, 6) is -0.428. The predicted octanol–water partition coefficient (Wildman–Crippen LogP) is 2.75. The molecular weight excluding hydrogens is 364 g/mol. The van der Waals surface area contributed by atoms with Crippen molar-refractivity contribution in [2.75, 3.05) is 0 Å². The average molecular weight is 395 g/mol. The largest absolute Gasteiger partial charge is 0.384 e. The second kappa shape index (κ2) is 11.0. The van der Waals surface area contributed by atoms with Crippen LogP contribution in [0.15, 0.2) is 54.6 Å². The number of aryl methyl sites for hydroxylation is 1. The van der Waals surface area contributed by atoms with Crippen molar-refractivity contribution in [1.29, 1.82) is 5.41 Å². The topological polar surface area (TPSA) is 108 Å². The lowest BCUT2D eigenvalue weighted by Gasteiger charge is -2.19. The van der Waals surface area contributed by atoms with Gasteiger partial charge in [0, 0.05) is 18.0 Å². The first-order valence-corrected chi connectivity index (χ1v) is 9.96. The van der Waals surface area contributed by atoms with E-state index < -0.39 is 6.04 Å². The highest BCUT2D eigenvalue weighted by molar-refractivity contribution is 5.94. The van der Waals surface area contributed by atoms with Crippen LogP contribution in [-0.2, 0) is 22.6 Å². The molecule has 0 aliphatic rings. The first kappa shape index (κ1) is 22.1. The highest BCUT2D eigenvalue weighted by Gasteiger charge is 2.21. The number of rotatable bonds is 10. The van der Waals surface area contributed by atoms with Gasteiger partial charge in [-0.1, -0.05) is 61.5 Å². The molecule has 0 unspecified atom stereocenters. The summed E-state index contributed by atoms with van der Waals surface area (Å²) in [7, 11) is 0. The Bertz CT molecular complexity index is 819. The molecule has 29 heavy (non-hydrogen) atoms. The lowest BCUT2D eigenvalue weighted by Crippen LogP contribution is -2.46. The fourth-order valence-corrected chi connectivity index (χ4v) is 3.05. The van der Waals surface area contributed by atoms with Crippen LogP contribution in [0.1, 0.15) is 43.4 Å². The summed E-state index contributed by atoms with van der Waals surface area (Å²) in [6, 6.07) is 16.6. The van der Waals surface area contributed by atoms with Crippen molar-refractivity contribution < 1.29 is 9.59 Å². The fraction of sp³-hybridized carbons (Fsp3) is 0.348. The van der Waals surface area contributed by atoms with Crippen molar-refractivity contribution in [3.63, 3.8) is 0 Å². The van der Waals surface area contributed by atoms with Crippen molar-refractivity contribution in [3.05, 3.63) is 71.3 Å². The molecule has 154 valence electrons. The van der Waals surface area contributed by atoms with Crippen LogP contribution in [0.25, 0.3) is 0 Å². The fourth-order valence-electron chi connectivity index (χ4n) is 3.05. The second-order valence-corrected chi connectivity index (χ2v) is 7.19. The lowest BCUT2D eigenvalue weighted by molar-refractivity contribution is -0.131. The Morgan fingerprint density at radius 3 is 2.24 bits per heavy atom.